The molecule has 0 fully saturated rings. The number of rotatable bonds is 7. The van der Waals surface area contributed by atoms with Gasteiger partial charge < -0.3 is 23.7 Å². The number of hydrogen-bond donors (Lipinski definition) is 0. The molecule has 3 heterocycles. The average molecular weight is 463 g/mol. The summed E-state index contributed by atoms with van der Waals surface area (Å²) in [7, 11) is 1.28. The SMILES string of the molecule is COC(=O)c1c(OCc2ccccn2)cc(=O)n2c1CCN(C(=O)COc1ccccc1)CC2. The number of pyridine rings is 2. The van der Waals surface area contributed by atoms with Gasteiger partial charge in [0.1, 0.15) is 23.7 Å². The number of benzene rings is 1. The first-order chi connectivity index (χ1) is 16.6. The number of para-hydroxylation sites is 1. The molecule has 0 radical (unpaired) electrons. The van der Waals surface area contributed by atoms with Gasteiger partial charge in [-0.1, -0.05) is 24.3 Å². The molecular formula is C25H25N3O6. The second kappa shape index (κ2) is 10.7. The van der Waals surface area contributed by atoms with Gasteiger partial charge >= 0.3 is 5.97 Å². The first-order valence-electron chi connectivity index (χ1n) is 10.9. The van der Waals surface area contributed by atoms with Crippen LogP contribution < -0.4 is 15.0 Å². The Morgan fingerprint density at radius 3 is 2.53 bits per heavy atom. The van der Waals surface area contributed by atoms with Gasteiger partial charge in [-0.25, -0.2) is 4.79 Å². The van der Waals surface area contributed by atoms with E-state index >= 15 is 0 Å². The van der Waals surface area contributed by atoms with E-state index in [0.717, 1.165) is 0 Å². The van der Waals surface area contributed by atoms with Crippen molar-refractivity contribution >= 4 is 11.9 Å². The number of nitrogens with zero attached hydrogens (tertiary/aromatic N) is 3. The summed E-state index contributed by atoms with van der Waals surface area (Å²) in [6.07, 6.45) is 1.93. The lowest BCUT2D eigenvalue weighted by molar-refractivity contribution is -0.133. The maximum absolute atomic E-state index is 12.9. The molecule has 34 heavy (non-hydrogen) atoms. The largest absolute Gasteiger partial charge is 0.486 e. The third-order valence-corrected chi connectivity index (χ3v) is 5.54. The maximum Gasteiger partial charge on any atom is 0.343 e. The lowest BCUT2D eigenvalue weighted by Gasteiger charge is -2.20. The van der Waals surface area contributed by atoms with E-state index < -0.39 is 5.97 Å². The van der Waals surface area contributed by atoms with Gasteiger partial charge in [0.05, 0.1) is 12.8 Å². The molecule has 1 aliphatic rings. The van der Waals surface area contributed by atoms with Gasteiger partial charge in [0.25, 0.3) is 11.5 Å². The van der Waals surface area contributed by atoms with E-state index in [2.05, 4.69) is 4.98 Å². The van der Waals surface area contributed by atoms with Crippen molar-refractivity contribution < 1.29 is 23.8 Å². The molecule has 1 aliphatic heterocycles. The van der Waals surface area contributed by atoms with Crippen molar-refractivity contribution in [2.75, 3.05) is 26.8 Å². The van der Waals surface area contributed by atoms with E-state index in [1.807, 2.05) is 24.3 Å². The molecule has 4 rings (SSSR count). The summed E-state index contributed by atoms with van der Waals surface area (Å²) < 4.78 is 17.9. The zero-order valence-corrected chi connectivity index (χ0v) is 18.8. The molecule has 0 atom stereocenters. The summed E-state index contributed by atoms with van der Waals surface area (Å²) in [5.74, 6) is -0.0586. The molecule has 3 aromatic rings. The van der Waals surface area contributed by atoms with E-state index in [1.54, 1.807) is 35.4 Å². The van der Waals surface area contributed by atoms with E-state index in [0.29, 0.717) is 30.2 Å². The Morgan fingerprint density at radius 2 is 1.79 bits per heavy atom. The van der Waals surface area contributed by atoms with Crippen molar-refractivity contribution in [3.8, 4) is 11.5 Å². The molecule has 0 aliphatic carbocycles. The quantitative estimate of drug-likeness (QED) is 0.495. The summed E-state index contributed by atoms with van der Waals surface area (Å²) >= 11 is 0. The number of carbonyl (C=O) groups excluding carboxylic acids is 2. The van der Waals surface area contributed by atoms with Crippen LogP contribution in [-0.2, 0) is 29.1 Å². The van der Waals surface area contributed by atoms with Crippen LogP contribution in [-0.4, -0.2) is 53.1 Å². The van der Waals surface area contributed by atoms with Crippen molar-refractivity contribution in [3.63, 3.8) is 0 Å². The number of ether oxygens (including phenoxy) is 3. The number of amides is 1. The molecule has 9 heteroatoms. The molecule has 1 amide bonds. The first kappa shape index (κ1) is 23.0. The zero-order chi connectivity index (χ0) is 23.9. The van der Waals surface area contributed by atoms with Crippen LogP contribution >= 0.6 is 0 Å². The van der Waals surface area contributed by atoms with Gasteiger partial charge in [-0.3, -0.25) is 14.6 Å². The van der Waals surface area contributed by atoms with Crippen LogP contribution in [0.3, 0.4) is 0 Å². The van der Waals surface area contributed by atoms with Crippen molar-refractivity contribution in [1.82, 2.24) is 14.5 Å². The molecule has 0 unspecified atom stereocenters. The molecule has 176 valence electrons. The normalized spacial score (nSPS) is 12.9. The minimum Gasteiger partial charge on any atom is -0.486 e. The molecule has 0 N–H and O–H groups in total. The van der Waals surface area contributed by atoms with Crippen molar-refractivity contribution in [1.29, 1.82) is 0 Å². The van der Waals surface area contributed by atoms with E-state index in [1.165, 1.54) is 17.7 Å². The van der Waals surface area contributed by atoms with Gasteiger partial charge in [-0.2, -0.15) is 0 Å². The van der Waals surface area contributed by atoms with Gasteiger partial charge in [0.15, 0.2) is 6.61 Å². The highest BCUT2D eigenvalue weighted by Gasteiger charge is 2.27. The molecule has 9 nitrogen and oxygen atoms in total. The molecule has 2 aromatic heterocycles. The van der Waals surface area contributed by atoms with Gasteiger partial charge in [0.2, 0.25) is 0 Å². The highest BCUT2D eigenvalue weighted by molar-refractivity contribution is 5.93. The smallest absolute Gasteiger partial charge is 0.343 e. The number of esters is 1. The molecule has 0 spiro atoms. The predicted molar refractivity (Wildman–Crippen MR) is 123 cm³/mol. The fraction of sp³-hybridized carbons (Fsp3) is 0.280. The Morgan fingerprint density at radius 1 is 1.00 bits per heavy atom. The van der Waals surface area contributed by atoms with Gasteiger partial charge in [-0.05, 0) is 24.3 Å². The highest BCUT2D eigenvalue weighted by Crippen LogP contribution is 2.25. The predicted octanol–water partition coefficient (Wildman–Crippen LogP) is 2.07. The van der Waals surface area contributed by atoms with E-state index in [4.69, 9.17) is 14.2 Å². The van der Waals surface area contributed by atoms with Crippen molar-refractivity contribution in [2.45, 2.75) is 19.6 Å². The minimum atomic E-state index is -0.605. The van der Waals surface area contributed by atoms with Crippen LogP contribution in [0.1, 0.15) is 21.7 Å². The van der Waals surface area contributed by atoms with Crippen LogP contribution in [0.25, 0.3) is 0 Å². The number of methoxy groups -OCH3 is 1. The second-order valence-corrected chi connectivity index (χ2v) is 7.65. The Labute approximate surface area is 196 Å². The first-order valence-corrected chi connectivity index (χ1v) is 10.9. The van der Waals surface area contributed by atoms with Crippen molar-refractivity contribution in [3.05, 3.63) is 88.1 Å². The highest BCUT2D eigenvalue weighted by atomic mass is 16.5. The van der Waals surface area contributed by atoms with E-state index in [9.17, 15) is 14.4 Å². The van der Waals surface area contributed by atoms with Crippen LogP contribution in [0, 0.1) is 0 Å². The van der Waals surface area contributed by atoms with Crippen LogP contribution in [0.2, 0.25) is 0 Å². The zero-order valence-electron chi connectivity index (χ0n) is 18.8. The Kier molecular flexibility index (Phi) is 7.22. The maximum atomic E-state index is 12.9. The average Bonchev–Trinajstić information content (AvgIpc) is 3.10. The summed E-state index contributed by atoms with van der Waals surface area (Å²) in [5.41, 5.74) is 1.01. The molecule has 0 saturated heterocycles. The fourth-order valence-corrected chi connectivity index (χ4v) is 3.82. The summed E-state index contributed by atoms with van der Waals surface area (Å²) in [5, 5.41) is 0. The second-order valence-electron chi connectivity index (χ2n) is 7.65. The lowest BCUT2D eigenvalue weighted by atomic mass is 10.1. The van der Waals surface area contributed by atoms with E-state index in [-0.39, 0.29) is 49.0 Å². The molecule has 0 saturated carbocycles. The fourth-order valence-electron chi connectivity index (χ4n) is 3.82. The van der Waals surface area contributed by atoms with Crippen LogP contribution in [0.4, 0.5) is 0 Å². The number of fused-ring (bicyclic) bond motifs is 1. The van der Waals surface area contributed by atoms with Crippen molar-refractivity contribution in [2.24, 2.45) is 0 Å². The lowest BCUT2D eigenvalue weighted by Crippen LogP contribution is -2.37. The minimum absolute atomic E-state index is 0.0924. The Hall–Kier alpha value is -4.14. The van der Waals surface area contributed by atoms with Gasteiger partial charge in [-0.15, -0.1) is 0 Å². The van der Waals surface area contributed by atoms with Gasteiger partial charge in [0, 0.05) is 44.0 Å². The number of carbonyl (C=O) groups is 2. The summed E-state index contributed by atoms with van der Waals surface area (Å²) in [6, 6.07) is 15.8. The van der Waals surface area contributed by atoms with Crippen LogP contribution in [0.5, 0.6) is 11.5 Å². The molecular weight excluding hydrogens is 438 g/mol. The third-order valence-electron chi connectivity index (χ3n) is 5.54. The standard InChI is InChI=1S/C25H25N3O6/c1-32-25(31)24-20-10-12-27(23(30)17-33-19-8-3-2-4-9-19)13-14-28(20)22(29)15-21(24)34-16-18-7-5-6-11-26-18/h2-9,11,15H,10,12-14,16-17H2,1H3. The summed E-state index contributed by atoms with van der Waals surface area (Å²) in [4.78, 5) is 44.2. The summed E-state index contributed by atoms with van der Waals surface area (Å²) in [6.45, 7) is 0.866. The molecule has 0 bridgehead atoms. The monoisotopic (exact) mass is 463 g/mol. The Balaban J connectivity index is 1.54. The van der Waals surface area contributed by atoms with Crippen LogP contribution in [0.15, 0.2) is 65.6 Å². The Bertz CT molecular complexity index is 1210. The number of aromatic nitrogens is 2. The number of hydrogen-bond acceptors (Lipinski definition) is 7. The molecule has 1 aromatic carbocycles. The third kappa shape index (κ3) is 5.25. The topological polar surface area (TPSA) is 100.0 Å².